The van der Waals surface area contributed by atoms with Crippen LogP contribution in [0.4, 0.5) is 0 Å². The van der Waals surface area contributed by atoms with E-state index in [2.05, 4.69) is 5.32 Å². The van der Waals surface area contributed by atoms with Crippen LogP contribution in [0.1, 0.15) is 24.8 Å². The summed E-state index contributed by atoms with van der Waals surface area (Å²) in [4.78, 5) is 14.4. The van der Waals surface area contributed by atoms with E-state index in [1.165, 1.54) is 0 Å². The molecule has 134 valence electrons. The van der Waals surface area contributed by atoms with Gasteiger partial charge in [-0.1, -0.05) is 29.3 Å². The summed E-state index contributed by atoms with van der Waals surface area (Å²) in [6.07, 6.45) is 2.96. The Bertz CT molecular complexity index is 557. The van der Waals surface area contributed by atoms with Crippen LogP contribution in [0.15, 0.2) is 18.2 Å². The second kappa shape index (κ2) is 9.25. The summed E-state index contributed by atoms with van der Waals surface area (Å²) in [5, 5.41) is 4.37. The second-order valence-corrected chi connectivity index (χ2v) is 7.09. The zero-order valence-corrected chi connectivity index (χ0v) is 15.8. The highest BCUT2D eigenvalue weighted by Crippen LogP contribution is 2.24. The number of hydrogen-bond donors (Lipinski definition) is 1. The number of nitrogens with one attached hydrogen (secondary N) is 1. The highest BCUT2D eigenvalue weighted by Gasteiger charge is 2.30. The van der Waals surface area contributed by atoms with Gasteiger partial charge in [-0.05, 0) is 43.5 Å². The largest absolute Gasteiger partial charge is 0.373 e. The summed E-state index contributed by atoms with van der Waals surface area (Å²) in [7, 11) is 0. The number of halogens is 3. The molecule has 7 heteroatoms. The quantitative estimate of drug-likeness (QED) is 0.851. The van der Waals surface area contributed by atoms with E-state index in [1.54, 1.807) is 6.07 Å². The lowest BCUT2D eigenvalue weighted by Gasteiger charge is -2.33. The number of carbonyl (C=O) groups is 1. The molecule has 1 aromatic carbocycles. The van der Waals surface area contributed by atoms with Gasteiger partial charge in [-0.15, -0.1) is 12.4 Å². The number of carbonyl (C=O) groups excluding carboxylic acids is 1. The molecule has 1 amide bonds. The van der Waals surface area contributed by atoms with Crippen LogP contribution >= 0.6 is 35.6 Å². The second-order valence-electron chi connectivity index (χ2n) is 6.27. The van der Waals surface area contributed by atoms with Crippen LogP contribution in [0.5, 0.6) is 0 Å². The monoisotopic (exact) mass is 392 g/mol. The van der Waals surface area contributed by atoms with Gasteiger partial charge in [0.2, 0.25) is 5.91 Å². The smallest absolute Gasteiger partial charge is 0.227 e. The zero-order valence-electron chi connectivity index (χ0n) is 13.5. The summed E-state index contributed by atoms with van der Waals surface area (Å²) >= 11 is 11.9. The molecule has 0 bridgehead atoms. The van der Waals surface area contributed by atoms with Crippen LogP contribution in [-0.4, -0.2) is 43.1 Å². The summed E-state index contributed by atoms with van der Waals surface area (Å²) in [5.41, 5.74) is 1.02. The van der Waals surface area contributed by atoms with E-state index in [0.717, 1.165) is 51.0 Å². The molecule has 2 fully saturated rings. The Morgan fingerprint density at radius 3 is 2.58 bits per heavy atom. The number of amides is 1. The number of rotatable bonds is 4. The predicted octanol–water partition coefficient (Wildman–Crippen LogP) is 3.53. The first-order chi connectivity index (χ1) is 11.1. The molecule has 2 saturated heterocycles. The van der Waals surface area contributed by atoms with Gasteiger partial charge in [-0.25, -0.2) is 0 Å². The van der Waals surface area contributed by atoms with Gasteiger partial charge >= 0.3 is 0 Å². The molecule has 1 atom stereocenters. The average molecular weight is 394 g/mol. The van der Waals surface area contributed by atoms with E-state index in [0.29, 0.717) is 22.6 Å². The van der Waals surface area contributed by atoms with Crippen molar-refractivity contribution in [3.63, 3.8) is 0 Å². The van der Waals surface area contributed by atoms with Crippen molar-refractivity contribution in [1.82, 2.24) is 10.2 Å². The Labute approximate surface area is 159 Å². The Balaban J connectivity index is 0.00000208. The molecule has 0 aromatic heterocycles. The molecule has 4 nitrogen and oxygen atoms in total. The zero-order chi connectivity index (χ0) is 16.2. The minimum atomic E-state index is 0. The van der Waals surface area contributed by atoms with Gasteiger partial charge in [-0.3, -0.25) is 4.79 Å². The Morgan fingerprint density at radius 1 is 1.21 bits per heavy atom. The van der Waals surface area contributed by atoms with Crippen LogP contribution in [-0.2, 0) is 16.1 Å². The molecule has 2 aliphatic rings. The lowest BCUT2D eigenvalue weighted by Crippen LogP contribution is -2.44. The van der Waals surface area contributed by atoms with Crippen LogP contribution < -0.4 is 5.32 Å². The Hall–Kier alpha value is -0.520. The fraction of sp³-hybridized carbons (Fsp3) is 0.588. The maximum Gasteiger partial charge on any atom is 0.227 e. The fourth-order valence-corrected chi connectivity index (χ4v) is 3.53. The van der Waals surface area contributed by atoms with Gasteiger partial charge in [0, 0.05) is 19.6 Å². The summed E-state index contributed by atoms with van der Waals surface area (Å²) in [6, 6.07) is 5.56. The lowest BCUT2D eigenvalue weighted by molar-refractivity contribution is -0.137. The van der Waals surface area contributed by atoms with Crippen LogP contribution in [0.25, 0.3) is 0 Å². The van der Waals surface area contributed by atoms with Crippen molar-refractivity contribution in [2.75, 3.05) is 26.2 Å². The first kappa shape index (κ1) is 19.8. The van der Waals surface area contributed by atoms with E-state index in [9.17, 15) is 4.79 Å². The molecule has 24 heavy (non-hydrogen) atoms. The highest BCUT2D eigenvalue weighted by atomic mass is 35.5. The van der Waals surface area contributed by atoms with Crippen LogP contribution in [0, 0.1) is 5.92 Å². The van der Waals surface area contributed by atoms with E-state index in [4.69, 9.17) is 27.9 Å². The molecule has 0 saturated carbocycles. The maximum atomic E-state index is 12.4. The minimum absolute atomic E-state index is 0. The number of benzene rings is 1. The first-order valence-electron chi connectivity index (χ1n) is 8.18. The first-order valence-corrected chi connectivity index (χ1v) is 8.94. The molecule has 1 unspecified atom stereocenters. The minimum Gasteiger partial charge on any atom is -0.373 e. The van der Waals surface area contributed by atoms with Gasteiger partial charge in [0.15, 0.2) is 0 Å². The van der Waals surface area contributed by atoms with E-state index < -0.39 is 0 Å². The Kier molecular flexibility index (Phi) is 7.63. The number of piperidine rings is 1. The van der Waals surface area contributed by atoms with Gasteiger partial charge in [0.05, 0.1) is 28.7 Å². The van der Waals surface area contributed by atoms with E-state index >= 15 is 0 Å². The topological polar surface area (TPSA) is 41.6 Å². The SMILES string of the molecule is Cl.O=C(C1CCNC1)N1CCC(OCc2ccc(Cl)c(Cl)c2)CC1. The molecule has 3 rings (SSSR count). The van der Waals surface area contributed by atoms with Crippen molar-refractivity contribution in [3.05, 3.63) is 33.8 Å². The lowest BCUT2D eigenvalue weighted by atomic mass is 10.0. The van der Waals surface area contributed by atoms with Gasteiger partial charge in [-0.2, -0.15) is 0 Å². The molecular weight excluding hydrogens is 371 g/mol. The van der Waals surface area contributed by atoms with Crippen molar-refractivity contribution < 1.29 is 9.53 Å². The summed E-state index contributed by atoms with van der Waals surface area (Å²) in [6.45, 7) is 3.90. The average Bonchev–Trinajstić information content (AvgIpc) is 3.10. The predicted molar refractivity (Wildman–Crippen MR) is 99.1 cm³/mol. The molecule has 1 N–H and O–H groups in total. The van der Waals surface area contributed by atoms with Crippen molar-refractivity contribution in [2.45, 2.75) is 32.0 Å². The number of likely N-dealkylation sites (tertiary alicyclic amines) is 1. The van der Waals surface area contributed by atoms with Crippen LogP contribution in [0.3, 0.4) is 0 Å². The number of ether oxygens (including phenoxy) is 1. The third-order valence-electron chi connectivity index (χ3n) is 4.63. The van der Waals surface area contributed by atoms with E-state index in [1.807, 2.05) is 17.0 Å². The third-order valence-corrected chi connectivity index (χ3v) is 5.37. The normalized spacial score (nSPS) is 21.6. The Morgan fingerprint density at radius 2 is 1.96 bits per heavy atom. The summed E-state index contributed by atoms with van der Waals surface area (Å²) in [5.74, 6) is 0.474. The fourth-order valence-electron chi connectivity index (χ4n) is 3.21. The molecule has 0 spiro atoms. The molecular formula is C17H23Cl3N2O2. The summed E-state index contributed by atoms with van der Waals surface area (Å²) < 4.78 is 5.97. The molecule has 0 radical (unpaired) electrons. The standard InChI is InChI=1S/C17H22Cl2N2O2.ClH/c18-15-2-1-12(9-16(15)19)11-23-14-4-7-21(8-5-14)17(22)13-3-6-20-10-13;/h1-2,9,13-14,20H,3-8,10-11H2;1H. The maximum absolute atomic E-state index is 12.4. The highest BCUT2D eigenvalue weighted by molar-refractivity contribution is 6.42. The van der Waals surface area contributed by atoms with E-state index in [-0.39, 0.29) is 24.4 Å². The van der Waals surface area contributed by atoms with Gasteiger partial charge in [0.25, 0.3) is 0 Å². The molecule has 1 aromatic rings. The van der Waals surface area contributed by atoms with Crippen molar-refractivity contribution in [1.29, 1.82) is 0 Å². The van der Waals surface area contributed by atoms with Gasteiger partial charge in [0.1, 0.15) is 0 Å². The number of nitrogens with zero attached hydrogens (tertiary/aromatic N) is 1. The number of hydrogen-bond acceptors (Lipinski definition) is 3. The molecule has 2 aliphatic heterocycles. The van der Waals surface area contributed by atoms with Crippen LogP contribution in [0.2, 0.25) is 10.0 Å². The van der Waals surface area contributed by atoms with Gasteiger partial charge < -0.3 is 15.0 Å². The molecule has 2 heterocycles. The van der Waals surface area contributed by atoms with Crippen molar-refractivity contribution >= 4 is 41.5 Å². The third kappa shape index (κ3) is 4.99. The molecule has 0 aliphatic carbocycles. The van der Waals surface area contributed by atoms with Crippen molar-refractivity contribution in [2.24, 2.45) is 5.92 Å². The van der Waals surface area contributed by atoms with Crippen molar-refractivity contribution in [3.8, 4) is 0 Å².